The van der Waals surface area contributed by atoms with Gasteiger partial charge in [0, 0.05) is 13.1 Å². The predicted octanol–water partition coefficient (Wildman–Crippen LogP) is 3.28. The van der Waals surface area contributed by atoms with Crippen LogP contribution in [0, 0.1) is 5.92 Å². The average Bonchev–Trinajstić information content (AvgIpc) is 2.49. The van der Waals surface area contributed by atoms with E-state index >= 15 is 0 Å². The quantitative estimate of drug-likeness (QED) is 0.837. The van der Waals surface area contributed by atoms with E-state index in [0.29, 0.717) is 6.61 Å². The average molecular weight is 291 g/mol. The topological polar surface area (TPSA) is 49.8 Å². The molecule has 4 nitrogen and oxygen atoms in total. The van der Waals surface area contributed by atoms with Crippen LogP contribution in [0.1, 0.15) is 42.5 Å². The van der Waals surface area contributed by atoms with E-state index in [9.17, 15) is 4.79 Å². The van der Waals surface area contributed by atoms with Gasteiger partial charge in [0.05, 0.1) is 5.56 Å². The fourth-order valence-corrected chi connectivity index (χ4v) is 2.91. The van der Waals surface area contributed by atoms with Crippen LogP contribution in [0.15, 0.2) is 24.3 Å². The summed E-state index contributed by atoms with van der Waals surface area (Å²) in [5.41, 5.74) is 0.289. The van der Waals surface area contributed by atoms with Crippen molar-refractivity contribution in [3.63, 3.8) is 0 Å². The Bertz CT molecular complexity index is 438. The van der Waals surface area contributed by atoms with Crippen LogP contribution in [-0.2, 0) is 0 Å². The Labute approximate surface area is 126 Å². The first-order valence-corrected chi connectivity index (χ1v) is 7.80. The number of carbonyl (C=O) groups is 1. The number of carboxylic acids is 1. The van der Waals surface area contributed by atoms with Gasteiger partial charge in [-0.3, -0.25) is 0 Å². The molecule has 1 aromatic rings. The minimum absolute atomic E-state index is 0.289. The van der Waals surface area contributed by atoms with Crippen molar-refractivity contribution < 1.29 is 14.6 Å². The van der Waals surface area contributed by atoms with Gasteiger partial charge in [-0.25, -0.2) is 4.79 Å². The number of nitrogens with zero attached hydrogens (tertiary/aromatic N) is 1. The Kier molecular flexibility index (Phi) is 6.05. The van der Waals surface area contributed by atoms with Crippen LogP contribution < -0.4 is 4.74 Å². The fourth-order valence-electron chi connectivity index (χ4n) is 2.91. The summed E-state index contributed by atoms with van der Waals surface area (Å²) < 4.78 is 5.67. The molecule has 0 heterocycles. The molecule has 1 aliphatic rings. The van der Waals surface area contributed by atoms with E-state index in [1.807, 2.05) is 0 Å². The highest BCUT2D eigenvalue weighted by Crippen LogP contribution is 2.24. The van der Waals surface area contributed by atoms with Crippen LogP contribution in [0.2, 0.25) is 0 Å². The number of aromatic carboxylic acids is 1. The molecule has 0 radical (unpaired) electrons. The molecule has 0 amide bonds. The lowest BCUT2D eigenvalue weighted by atomic mass is 9.89. The maximum absolute atomic E-state index is 10.8. The van der Waals surface area contributed by atoms with Gasteiger partial charge in [-0.15, -0.1) is 0 Å². The number of hydrogen-bond donors (Lipinski definition) is 1. The van der Waals surface area contributed by atoms with Crippen LogP contribution >= 0.6 is 0 Å². The largest absolute Gasteiger partial charge is 0.492 e. The highest BCUT2D eigenvalue weighted by Gasteiger charge is 2.15. The molecule has 1 aromatic carbocycles. The van der Waals surface area contributed by atoms with Crippen LogP contribution in [0.25, 0.3) is 0 Å². The first-order chi connectivity index (χ1) is 10.1. The van der Waals surface area contributed by atoms with Crippen molar-refractivity contribution in [2.75, 3.05) is 26.7 Å². The summed E-state index contributed by atoms with van der Waals surface area (Å²) >= 11 is 0. The third-order valence-electron chi connectivity index (χ3n) is 4.14. The third-order valence-corrected chi connectivity index (χ3v) is 4.14. The van der Waals surface area contributed by atoms with Crippen molar-refractivity contribution in [2.45, 2.75) is 32.1 Å². The van der Waals surface area contributed by atoms with Crippen molar-refractivity contribution >= 4 is 5.97 Å². The van der Waals surface area contributed by atoms with E-state index < -0.39 is 5.97 Å². The maximum Gasteiger partial charge on any atom is 0.335 e. The number of benzene rings is 1. The molecule has 0 bridgehead atoms. The highest BCUT2D eigenvalue weighted by molar-refractivity contribution is 5.87. The van der Waals surface area contributed by atoms with Crippen LogP contribution in [0.5, 0.6) is 5.75 Å². The summed E-state index contributed by atoms with van der Waals surface area (Å²) in [6.07, 6.45) is 6.88. The predicted molar refractivity (Wildman–Crippen MR) is 83.0 cm³/mol. The number of ether oxygens (including phenoxy) is 1. The first-order valence-electron chi connectivity index (χ1n) is 7.80. The first kappa shape index (κ1) is 15.8. The van der Waals surface area contributed by atoms with E-state index in [2.05, 4.69) is 11.9 Å². The van der Waals surface area contributed by atoms with Gasteiger partial charge in [-0.2, -0.15) is 0 Å². The van der Waals surface area contributed by atoms with E-state index in [-0.39, 0.29) is 5.56 Å². The minimum Gasteiger partial charge on any atom is -0.492 e. The summed E-state index contributed by atoms with van der Waals surface area (Å²) in [5.74, 6) is 0.665. The van der Waals surface area contributed by atoms with Crippen molar-refractivity contribution in [2.24, 2.45) is 5.92 Å². The Hall–Kier alpha value is -1.55. The molecule has 1 saturated carbocycles. The Morgan fingerprint density at radius 1 is 1.24 bits per heavy atom. The van der Waals surface area contributed by atoms with E-state index in [1.54, 1.807) is 24.3 Å². The molecule has 1 aliphatic carbocycles. The standard InChI is InChI=1S/C17H25NO3/c1-18(13-14-5-3-2-4-6-14)11-12-21-16-9-7-15(8-10-16)17(19)20/h7-10,14H,2-6,11-13H2,1H3,(H,19,20). The Morgan fingerprint density at radius 2 is 1.90 bits per heavy atom. The second-order valence-corrected chi connectivity index (χ2v) is 5.94. The molecule has 2 rings (SSSR count). The van der Waals surface area contributed by atoms with Crippen molar-refractivity contribution in [1.29, 1.82) is 0 Å². The SMILES string of the molecule is CN(CCOc1ccc(C(=O)O)cc1)CC1CCCCC1. The second-order valence-electron chi connectivity index (χ2n) is 5.94. The van der Waals surface area contributed by atoms with Gasteiger partial charge < -0.3 is 14.7 Å². The number of likely N-dealkylation sites (N-methyl/N-ethyl adjacent to an activating group) is 1. The zero-order chi connectivity index (χ0) is 15.1. The molecule has 1 N–H and O–H groups in total. The van der Waals surface area contributed by atoms with E-state index in [1.165, 1.54) is 32.1 Å². The lowest BCUT2D eigenvalue weighted by Crippen LogP contribution is -2.30. The zero-order valence-corrected chi connectivity index (χ0v) is 12.8. The molecule has 0 unspecified atom stereocenters. The molecule has 0 aliphatic heterocycles. The Morgan fingerprint density at radius 3 is 2.52 bits per heavy atom. The fraction of sp³-hybridized carbons (Fsp3) is 0.588. The molecule has 0 atom stereocenters. The van der Waals surface area contributed by atoms with Gasteiger partial charge in [-0.1, -0.05) is 19.3 Å². The molecule has 21 heavy (non-hydrogen) atoms. The molecule has 0 aromatic heterocycles. The molecule has 0 spiro atoms. The van der Waals surface area contributed by atoms with Crippen molar-refractivity contribution in [1.82, 2.24) is 4.90 Å². The van der Waals surface area contributed by atoms with Gasteiger partial charge >= 0.3 is 5.97 Å². The molecular weight excluding hydrogens is 266 g/mol. The maximum atomic E-state index is 10.8. The summed E-state index contributed by atoms with van der Waals surface area (Å²) in [6, 6.07) is 6.57. The minimum atomic E-state index is -0.909. The van der Waals surface area contributed by atoms with E-state index in [0.717, 1.165) is 24.8 Å². The van der Waals surface area contributed by atoms with E-state index in [4.69, 9.17) is 9.84 Å². The van der Waals surface area contributed by atoms with Gasteiger partial charge in [0.1, 0.15) is 12.4 Å². The number of hydrogen-bond acceptors (Lipinski definition) is 3. The number of rotatable bonds is 7. The lowest BCUT2D eigenvalue weighted by Gasteiger charge is -2.26. The van der Waals surface area contributed by atoms with Crippen molar-refractivity contribution in [3.05, 3.63) is 29.8 Å². The lowest BCUT2D eigenvalue weighted by molar-refractivity contribution is 0.0697. The summed E-state index contributed by atoms with van der Waals surface area (Å²) in [6.45, 7) is 2.69. The molecule has 4 heteroatoms. The van der Waals surface area contributed by atoms with Gasteiger partial charge in [0.15, 0.2) is 0 Å². The summed E-state index contributed by atoms with van der Waals surface area (Å²) in [4.78, 5) is 13.1. The van der Waals surface area contributed by atoms with Gasteiger partial charge in [0.25, 0.3) is 0 Å². The summed E-state index contributed by atoms with van der Waals surface area (Å²) in [5, 5.41) is 8.83. The normalized spacial score (nSPS) is 16.1. The van der Waals surface area contributed by atoms with Crippen LogP contribution in [-0.4, -0.2) is 42.7 Å². The van der Waals surface area contributed by atoms with Gasteiger partial charge in [0.2, 0.25) is 0 Å². The number of carboxylic acid groups (broad SMARTS) is 1. The highest BCUT2D eigenvalue weighted by atomic mass is 16.5. The molecule has 1 fully saturated rings. The molecular formula is C17H25NO3. The summed E-state index contributed by atoms with van der Waals surface area (Å²) in [7, 11) is 2.14. The smallest absolute Gasteiger partial charge is 0.335 e. The van der Waals surface area contributed by atoms with Crippen molar-refractivity contribution in [3.8, 4) is 5.75 Å². The van der Waals surface area contributed by atoms with Crippen LogP contribution in [0.4, 0.5) is 0 Å². The van der Waals surface area contributed by atoms with Crippen LogP contribution in [0.3, 0.4) is 0 Å². The Balaban J connectivity index is 1.67. The molecule has 0 saturated heterocycles. The second kappa shape index (κ2) is 8.03. The monoisotopic (exact) mass is 291 g/mol. The zero-order valence-electron chi connectivity index (χ0n) is 12.8. The third kappa shape index (κ3) is 5.38. The molecule has 116 valence electrons. The van der Waals surface area contributed by atoms with Gasteiger partial charge in [-0.05, 0) is 50.1 Å².